The summed E-state index contributed by atoms with van der Waals surface area (Å²) in [5.41, 5.74) is 0.0399. The molecule has 0 saturated heterocycles. The number of aromatic nitrogens is 1. The Bertz CT molecular complexity index is 465. The highest BCUT2D eigenvalue weighted by Crippen LogP contribution is 2.23. The Labute approximate surface area is 79.2 Å². The first-order valence-corrected chi connectivity index (χ1v) is 4.05. The summed E-state index contributed by atoms with van der Waals surface area (Å²) in [7, 11) is 0. The monoisotopic (exact) mass is 195 g/mol. The second kappa shape index (κ2) is 3.21. The molecule has 4 heteroatoms. The number of hydrogen-bond acceptors (Lipinski definition) is 2. The zero-order valence-corrected chi connectivity index (χ0v) is 7.42. The Kier molecular flexibility index (Phi) is 2.04. The Morgan fingerprint density at radius 1 is 1.29 bits per heavy atom. The molecule has 0 aliphatic rings. The maximum absolute atomic E-state index is 13.2. The first-order chi connectivity index (χ1) is 6.68. The van der Waals surface area contributed by atoms with E-state index >= 15 is 0 Å². The van der Waals surface area contributed by atoms with Crippen molar-refractivity contribution in [2.45, 2.75) is 6.92 Å². The van der Waals surface area contributed by atoms with Crippen LogP contribution in [0.2, 0.25) is 0 Å². The van der Waals surface area contributed by atoms with Gasteiger partial charge in [-0.2, -0.15) is 0 Å². The first kappa shape index (κ1) is 8.87. The Balaban J connectivity index is 2.57. The minimum absolute atomic E-state index is 0.0399. The van der Waals surface area contributed by atoms with Gasteiger partial charge in [-0.25, -0.2) is 13.8 Å². The molecule has 0 spiro atoms. The van der Waals surface area contributed by atoms with Gasteiger partial charge in [-0.15, -0.1) is 0 Å². The average molecular weight is 195 g/mol. The molecule has 0 atom stereocenters. The third-order valence-corrected chi connectivity index (χ3v) is 1.80. The lowest BCUT2D eigenvalue weighted by Crippen LogP contribution is -1.88. The van der Waals surface area contributed by atoms with E-state index in [-0.39, 0.29) is 11.5 Å². The summed E-state index contributed by atoms with van der Waals surface area (Å²) in [5, 5.41) is 0. The molecule has 0 unspecified atom stereocenters. The molecule has 0 fully saturated rings. The van der Waals surface area contributed by atoms with E-state index in [4.69, 9.17) is 4.42 Å². The van der Waals surface area contributed by atoms with Crippen molar-refractivity contribution in [3.05, 3.63) is 41.8 Å². The van der Waals surface area contributed by atoms with Gasteiger partial charge in [0, 0.05) is 0 Å². The second-order valence-corrected chi connectivity index (χ2v) is 2.88. The van der Waals surface area contributed by atoms with Crippen LogP contribution in [-0.2, 0) is 0 Å². The molecule has 72 valence electrons. The number of rotatable bonds is 1. The largest absolute Gasteiger partial charge is 0.441 e. The van der Waals surface area contributed by atoms with Crippen molar-refractivity contribution in [2.24, 2.45) is 0 Å². The Morgan fingerprint density at radius 2 is 2.07 bits per heavy atom. The summed E-state index contributed by atoms with van der Waals surface area (Å²) in [4.78, 5) is 3.81. The first-order valence-electron chi connectivity index (χ1n) is 4.05. The molecule has 0 saturated carbocycles. The van der Waals surface area contributed by atoms with E-state index in [0.29, 0.717) is 5.76 Å². The van der Waals surface area contributed by atoms with Crippen molar-refractivity contribution in [3.63, 3.8) is 0 Å². The number of nitrogens with zero attached hydrogens (tertiary/aromatic N) is 1. The van der Waals surface area contributed by atoms with E-state index in [0.717, 1.165) is 6.07 Å². The quantitative estimate of drug-likeness (QED) is 0.699. The van der Waals surface area contributed by atoms with Crippen LogP contribution in [0.5, 0.6) is 0 Å². The van der Waals surface area contributed by atoms with Gasteiger partial charge in [-0.05, 0) is 19.1 Å². The maximum Gasteiger partial charge on any atom is 0.229 e. The van der Waals surface area contributed by atoms with E-state index in [1.54, 1.807) is 6.92 Å². The Morgan fingerprint density at radius 3 is 2.71 bits per heavy atom. The second-order valence-electron chi connectivity index (χ2n) is 2.88. The van der Waals surface area contributed by atoms with Crippen LogP contribution < -0.4 is 0 Å². The van der Waals surface area contributed by atoms with Gasteiger partial charge in [0.25, 0.3) is 0 Å². The van der Waals surface area contributed by atoms with Crippen molar-refractivity contribution in [2.75, 3.05) is 0 Å². The molecule has 1 aromatic heterocycles. The van der Waals surface area contributed by atoms with Crippen molar-refractivity contribution >= 4 is 0 Å². The van der Waals surface area contributed by atoms with Gasteiger partial charge in [-0.1, -0.05) is 6.07 Å². The average Bonchev–Trinajstić information content (AvgIpc) is 2.57. The third kappa shape index (κ3) is 1.39. The summed E-state index contributed by atoms with van der Waals surface area (Å²) in [6.07, 6.45) is 1.46. The molecule has 0 amide bonds. The van der Waals surface area contributed by atoms with Gasteiger partial charge >= 0.3 is 0 Å². The third-order valence-electron chi connectivity index (χ3n) is 1.80. The van der Waals surface area contributed by atoms with Crippen LogP contribution in [0.15, 0.2) is 28.8 Å². The van der Waals surface area contributed by atoms with Crippen LogP contribution in [0.25, 0.3) is 11.5 Å². The van der Waals surface area contributed by atoms with Crippen LogP contribution in [-0.4, -0.2) is 4.98 Å². The summed E-state index contributed by atoms with van der Waals surface area (Å²) in [6.45, 7) is 1.69. The molecule has 0 aliphatic heterocycles. The number of oxazole rings is 1. The van der Waals surface area contributed by atoms with Crippen molar-refractivity contribution in [1.29, 1.82) is 0 Å². The van der Waals surface area contributed by atoms with Crippen LogP contribution in [0.4, 0.5) is 8.78 Å². The van der Waals surface area contributed by atoms with E-state index in [1.165, 1.54) is 18.3 Å². The molecule has 0 N–H and O–H groups in total. The topological polar surface area (TPSA) is 26.0 Å². The van der Waals surface area contributed by atoms with Crippen molar-refractivity contribution < 1.29 is 13.2 Å². The van der Waals surface area contributed by atoms with Gasteiger partial charge < -0.3 is 4.42 Å². The Hall–Kier alpha value is -1.71. The molecule has 0 radical (unpaired) electrons. The smallest absolute Gasteiger partial charge is 0.229 e. The predicted molar refractivity (Wildman–Crippen MR) is 46.6 cm³/mol. The van der Waals surface area contributed by atoms with Gasteiger partial charge in [0.1, 0.15) is 5.76 Å². The molecule has 1 heterocycles. The lowest BCUT2D eigenvalue weighted by Gasteiger charge is -1.98. The highest BCUT2D eigenvalue weighted by molar-refractivity contribution is 5.54. The van der Waals surface area contributed by atoms with E-state index in [2.05, 4.69) is 4.98 Å². The molecular formula is C10H7F2NO. The summed E-state index contributed by atoms with van der Waals surface area (Å²) < 4.78 is 31.1. The summed E-state index contributed by atoms with van der Waals surface area (Å²) in [5.74, 6) is -1.18. The number of halogens is 2. The zero-order chi connectivity index (χ0) is 10.1. The molecule has 14 heavy (non-hydrogen) atoms. The number of benzene rings is 1. The number of aryl methyl sites for hydroxylation is 1. The SMILES string of the molecule is Cc1cnc(-c2cccc(F)c2F)o1. The highest BCUT2D eigenvalue weighted by atomic mass is 19.2. The summed E-state index contributed by atoms with van der Waals surface area (Å²) in [6, 6.07) is 3.88. The van der Waals surface area contributed by atoms with Crippen LogP contribution in [0.3, 0.4) is 0 Å². The fourth-order valence-electron chi connectivity index (χ4n) is 1.15. The minimum Gasteiger partial charge on any atom is -0.441 e. The van der Waals surface area contributed by atoms with E-state index < -0.39 is 11.6 Å². The van der Waals surface area contributed by atoms with Crippen LogP contribution >= 0.6 is 0 Å². The van der Waals surface area contributed by atoms with Crippen LogP contribution in [0.1, 0.15) is 5.76 Å². The fourth-order valence-corrected chi connectivity index (χ4v) is 1.15. The lowest BCUT2D eigenvalue weighted by atomic mass is 10.2. The van der Waals surface area contributed by atoms with Gasteiger partial charge in [0.2, 0.25) is 5.89 Å². The lowest BCUT2D eigenvalue weighted by molar-refractivity contribution is 0.498. The molecule has 0 aliphatic carbocycles. The number of hydrogen-bond donors (Lipinski definition) is 0. The van der Waals surface area contributed by atoms with E-state index in [9.17, 15) is 8.78 Å². The molecule has 2 nitrogen and oxygen atoms in total. The van der Waals surface area contributed by atoms with Gasteiger partial charge in [0.05, 0.1) is 11.8 Å². The molecular weight excluding hydrogens is 188 g/mol. The van der Waals surface area contributed by atoms with E-state index in [1.807, 2.05) is 0 Å². The molecule has 2 rings (SSSR count). The van der Waals surface area contributed by atoms with Crippen molar-refractivity contribution in [3.8, 4) is 11.5 Å². The van der Waals surface area contributed by atoms with Gasteiger partial charge in [0.15, 0.2) is 11.6 Å². The maximum atomic E-state index is 13.2. The fraction of sp³-hybridized carbons (Fsp3) is 0.100. The molecule has 0 bridgehead atoms. The molecule has 2 aromatic rings. The highest BCUT2D eigenvalue weighted by Gasteiger charge is 2.13. The predicted octanol–water partition coefficient (Wildman–Crippen LogP) is 2.93. The van der Waals surface area contributed by atoms with Gasteiger partial charge in [-0.3, -0.25) is 0 Å². The summed E-state index contributed by atoms with van der Waals surface area (Å²) >= 11 is 0. The zero-order valence-electron chi connectivity index (χ0n) is 7.42. The normalized spacial score (nSPS) is 10.5. The van der Waals surface area contributed by atoms with Crippen LogP contribution in [0, 0.1) is 18.6 Å². The minimum atomic E-state index is -0.936. The molecule has 1 aromatic carbocycles. The standard InChI is InChI=1S/C10H7F2NO/c1-6-5-13-10(14-6)7-3-2-4-8(11)9(7)12/h2-5H,1H3. The van der Waals surface area contributed by atoms with Crippen molar-refractivity contribution in [1.82, 2.24) is 4.98 Å².